The highest BCUT2D eigenvalue weighted by molar-refractivity contribution is 14.1. The van der Waals surface area contributed by atoms with Gasteiger partial charge in [0.25, 0.3) is 0 Å². The van der Waals surface area contributed by atoms with Crippen LogP contribution in [0.2, 0.25) is 0 Å². The summed E-state index contributed by atoms with van der Waals surface area (Å²) < 4.78 is 1.75. The van der Waals surface area contributed by atoms with Crippen LogP contribution in [0.3, 0.4) is 0 Å². The van der Waals surface area contributed by atoms with Gasteiger partial charge in [-0.1, -0.05) is 0 Å². The zero-order valence-corrected chi connectivity index (χ0v) is 11.0. The largest absolute Gasteiger partial charge is 0.506 e. The van der Waals surface area contributed by atoms with E-state index in [1.165, 1.54) is 0 Å². The van der Waals surface area contributed by atoms with Crippen molar-refractivity contribution in [2.24, 2.45) is 5.73 Å². The zero-order chi connectivity index (χ0) is 10.0. The number of benzene rings is 1. The smallest absolute Gasteiger partial charge is 0.133 e. The van der Waals surface area contributed by atoms with Crippen LogP contribution in [-0.2, 0) is 0 Å². The summed E-state index contributed by atoms with van der Waals surface area (Å²) in [7, 11) is 0. The fraction of sp³-hybridized carbons (Fsp3) is 0.250. The molecule has 0 spiro atoms. The fourth-order valence-electron chi connectivity index (χ4n) is 0.967. The monoisotopic (exact) mass is 405 g/mol. The number of halogens is 2. The first-order chi connectivity index (χ1) is 6.06. The van der Waals surface area contributed by atoms with Gasteiger partial charge in [0.2, 0.25) is 0 Å². The number of hydrogen-bond acceptors (Lipinski definition) is 3. The first-order valence-electron chi connectivity index (χ1n) is 3.60. The maximum Gasteiger partial charge on any atom is 0.133 e. The number of nitrogens with two attached hydrogens (primary N) is 1. The molecule has 0 amide bonds. The minimum absolute atomic E-state index is 0.163. The SMILES string of the molecule is N[C@@H](CO)c1cc(I)cc(I)c1O. The Hall–Kier alpha value is 0.400. The van der Waals surface area contributed by atoms with Gasteiger partial charge in [-0.3, -0.25) is 0 Å². The van der Waals surface area contributed by atoms with E-state index in [4.69, 9.17) is 10.8 Å². The van der Waals surface area contributed by atoms with E-state index in [1.807, 2.05) is 28.7 Å². The molecule has 0 fully saturated rings. The molecule has 0 radical (unpaired) electrons. The van der Waals surface area contributed by atoms with Crippen molar-refractivity contribution >= 4 is 45.2 Å². The number of aromatic hydroxyl groups is 1. The first-order valence-corrected chi connectivity index (χ1v) is 5.76. The summed E-state index contributed by atoms with van der Waals surface area (Å²) in [6.07, 6.45) is 0. The summed E-state index contributed by atoms with van der Waals surface area (Å²) >= 11 is 4.18. The Morgan fingerprint density at radius 1 is 1.38 bits per heavy atom. The topological polar surface area (TPSA) is 66.5 Å². The molecule has 0 saturated carbocycles. The third-order valence-corrected chi connectivity index (χ3v) is 3.10. The van der Waals surface area contributed by atoms with E-state index < -0.39 is 6.04 Å². The van der Waals surface area contributed by atoms with Crippen LogP contribution in [-0.4, -0.2) is 16.8 Å². The summed E-state index contributed by atoms with van der Waals surface area (Å²) in [5.41, 5.74) is 6.21. The number of aliphatic hydroxyl groups is 1. The average molecular weight is 405 g/mol. The molecule has 0 aromatic heterocycles. The van der Waals surface area contributed by atoms with Gasteiger partial charge in [0.15, 0.2) is 0 Å². The normalized spacial score (nSPS) is 12.9. The van der Waals surface area contributed by atoms with E-state index in [-0.39, 0.29) is 12.4 Å². The Balaban J connectivity index is 3.20. The van der Waals surface area contributed by atoms with Crippen LogP contribution in [0.1, 0.15) is 11.6 Å². The van der Waals surface area contributed by atoms with E-state index in [0.717, 1.165) is 7.14 Å². The molecule has 0 aliphatic carbocycles. The van der Waals surface area contributed by atoms with Crippen LogP contribution in [0.4, 0.5) is 0 Å². The molecule has 0 heterocycles. The van der Waals surface area contributed by atoms with Crippen molar-refractivity contribution in [2.45, 2.75) is 6.04 Å². The third kappa shape index (κ3) is 2.67. The van der Waals surface area contributed by atoms with Crippen LogP contribution in [0.5, 0.6) is 5.75 Å². The molecule has 0 bridgehead atoms. The number of rotatable bonds is 2. The van der Waals surface area contributed by atoms with Crippen LogP contribution in [0, 0.1) is 7.14 Å². The highest BCUT2D eigenvalue weighted by Gasteiger charge is 2.13. The molecular weight excluding hydrogens is 396 g/mol. The highest BCUT2D eigenvalue weighted by Crippen LogP contribution is 2.30. The molecule has 72 valence electrons. The van der Waals surface area contributed by atoms with Gasteiger partial charge in [-0.25, -0.2) is 0 Å². The maximum atomic E-state index is 9.62. The Kier molecular flexibility index (Phi) is 4.20. The van der Waals surface area contributed by atoms with Gasteiger partial charge in [-0.15, -0.1) is 0 Å². The maximum absolute atomic E-state index is 9.62. The molecule has 1 aromatic carbocycles. The first kappa shape index (κ1) is 11.5. The standard InChI is InChI=1S/C8H9I2NO2/c9-4-1-5(7(11)3-12)8(13)6(10)2-4/h1-2,7,12-13H,3,11H2/t7-/m0/s1. The summed E-state index contributed by atoms with van der Waals surface area (Å²) in [4.78, 5) is 0. The van der Waals surface area contributed by atoms with E-state index in [2.05, 4.69) is 22.6 Å². The lowest BCUT2D eigenvalue weighted by molar-refractivity contribution is 0.265. The van der Waals surface area contributed by atoms with Gasteiger partial charge >= 0.3 is 0 Å². The second-order valence-corrected chi connectivity index (χ2v) is 5.02. The molecule has 4 N–H and O–H groups in total. The van der Waals surface area contributed by atoms with Crippen molar-refractivity contribution in [3.05, 3.63) is 24.8 Å². The summed E-state index contributed by atoms with van der Waals surface area (Å²) in [6.45, 7) is -0.163. The molecule has 0 saturated heterocycles. The number of aliphatic hydroxyl groups excluding tert-OH is 1. The lowest BCUT2D eigenvalue weighted by Crippen LogP contribution is -2.15. The fourth-order valence-corrected chi connectivity index (χ4v) is 2.86. The predicted molar refractivity (Wildman–Crippen MR) is 67.6 cm³/mol. The van der Waals surface area contributed by atoms with E-state index >= 15 is 0 Å². The lowest BCUT2D eigenvalue weighted by atomic mass is 10.1. The number of hydrogen-bond donors (Lipinski definition) is 3. The van der Waals surface area contributed by atoms with Gasteiger partial charge in [0.1, 0.15) is 5.75 Å². The van der Waals surface area contributed by atoms with Crippen molar-refractivity contribution in [1.82, 2.24) is 0 Å². The van der Waals surface area contributed by atoms with Gasteiger partial charge in [-0.05, 0) is 57.3 Å². The van der Waals surface area contributed by atoms with E-state index in [9.17, 15) is 5.11 Å². The van der Waals surface area contributed by atoms with Crippen LogP contribution in [0.15, 0.2) is 12.1 Å². The molecule has 5 heteroatoms. The predicted octanol–water partition coefficient (Wildman–Crippen LogP) is 1.59. The van der Waals surface area contributed by atoms with Crippen molar-refractivity contribution in [3.8, 4) is 5.75 Å². The zero-order valence-electron chi connectivity index (χ0n) is 6.67. The Bertz CT molecular complexity index is 317. The Morgan fingerprint density at radius 2 is 2.00 bits per heavy atom. The van der Waals surface area contributed by atoms with Crippen molar-refractivity contribution < 1.29 is 10.2 Å². The minimum Gasteiger partial charge on any atom is -0.506 e. The quantitative estimate of drug-likeness (QED) is 0.656. The second kappa shape index (κ2) is 4.76. The summed E-state index contributed by atoms with van der Waals surface area (Å²) in [5.74, 6) is 0.169. The molecule has 1 rings (SSSR count). The van der Waals surface area contributed by atoms with Gasteiger partial charge in [-0.2, -0.15) is 0 Å². The van der Waals surface area contributed by atoms with E-state index in [1.54, 1.807) is 6.07 Å². The Labute approximate surface area is 104 Å². The van der Waals surface area contributed by atoms with Gasteiger partial charge in [0, 0.05) is 9.13 Å². The van der Waals surface area contributed by atoms with Crippen molar-refractivity contribution in [1.29, 1.82) is 0 Å². The van der Waals surface area contributed by atoms with Crippen molar-refractivity contribution in [3.63, 3.8) is 0 Å². The van der Waals surface area contributed by atoms with Crippen LogP contribution >= 0.6 is 45.2 Å². The highest BCUT2D eigenvalue weighted by atomic mass is 127. The number of phenolic OH excluding ortho intramolecular Hbond substituents is 1. The molecule has 1 atom stereocenters. The molecule has 0 aliphatic heterocycles. The average Bonchev–Trinajstić information content (AvgIpc) is 2.10. The minimum atomic E-state index is -0.511. The Morgan fingerprint density at radius 3 is 2.54 bits per heavy atom. The van der Waals surface area contributed by atoms with Crippen molar-refractivity contribution in [2.75, 3.05) is 6.61 Å². The summed E-state index contributed by atoms with van der Waals surface area (Å²) in [5, 5.41) is 18.5. The molecule has 1 aromatic rings. The summed E-state index contributed by atoms with van der Waals surface area (Å²) in [6, 6.07) is 3.12. The van der Waals surface area contributed by atoms with Crippen LogP contribution < -0.4 is 5.73 Å². The molecule has 0 aliphatic rings. The van der Waals surface area contributed by atoms with Crippen LogP contribution in [0.25, 0.3) is 0 Å². The molecule has 0 unspecified atom stereocenters. The number of phenols is 1. The van der Waals surface area contributed by atoms with Gasteiger partial charge < -0.3 is 15.9 Å². The van der Waals surface area contributed by atoms with E-state index in [0.29, 0.717) is 5.56 Å². The molecule has 13 heavy (non-hydrogen) atoms. The second-order valence-electron chi connectivity index (χ2n) is 2.61. The molecule has 3 nitrogen and oxygen atoms in total. The molecular formula is C8H9I2NO2. The lowest BCUT2D eigenvalue weighted by Gasteiger charge is -2.12. The third-order valence-electron chi connectivity index (χ3n) is 1.65. The van der Waals surface area contributed by atoms with Gasteiger partial charge in [0.05, 0.1) is 16.2 Å².